The number of nitrogens with zero attached hydrogens (tertiary/aromatic N) is 1. The van der Waals surface area contributed by atoms with E-state index in [1.54, 1.807) is 19.2 Å². The fourth-order valence-electron chi connectivity index (χ4n) is 4.35. The Kier molecular flexibility index (Phi) is 7.63. The van der Waals surface area contributed by atoms with Gasteiger partial charge in [-0.05, 0) is 48.2 Å². The SMILES string of the molecule is COCCCN1C(=O)C(=O)C(=C(O)c2ccc(OCc3ccccc3)cc2C)[C@H]1c1ccccc1. The van der Waals surface area contributed by atoms with E-state index in [0.29, 0.717) is 37.5 Å². The number of hydrogen-bond acceptors (Lipinski definition) is 5. The molecule has 1 aliphatic heterocycles. The number of carbonyl (C=O) groups is 2. The zero-order valence-electron chi connectivity index (χ0n) is 19.9. The molecule has 1 heterocycles. The van der Waals surface area contributed by atoms with Gasteiger partial charge in [0.2, 0.25) is 0 Å². The fraction of sp³-hybridized carbons (Fsp3) is 0.241. The zero-order chi connectivity index (χ0) is 24.8. The number of Topliss-reactive ketones (excluding diaryl/α,β-unsaturated/α-hetero) is 1. The highest BCUT2D eigenvalue weighted by Gasteiger charge is 2.45. The number of likely N-dealkylation sites (tertiary alicyclic amines) is 1. The molecule has 0 aromatic heterocycles. The van der Waals surface area contributed by atoms with E-state index in [1.165, 1.54) is 4.90 Å². The van der Waals surface area contributed by atoms with Crippen molar-refractivity contribution in [2.24, 2.45) is 0 Å². The molecule has 0 unspecified atom stereocenters. The average molecular weight is 472 g/mol. The first-order valence-electron chi connectivity index (χ1n) is 11.6. The fourth-order valence-corrected chi connectivity index (χ4v) is 4.35. The molecule has 1 aliphatic rings. The van der Waals surface area contributed by atoms with Crippen LogP contribution in [0.5, 0.6) is 5.75 Å². The molecular weight excluding hydrogens is 442 g/mol. The Morgan fingerprint density at radius 2 is 1.66 bits per heavy atom. The van der Waals surface area contributed by atoms with Crippen molar-refractivity contribution < 1.29 is 24.2 Å². The van der Waals surface area contributed by atoms with Crippen molar-refractivity contribution in [3.63, 3.8) is 0 Å². The monoisotopic (exact) mass is 471 g/mol. The number of hydrogen-bond donors (Lipinski definition) is 1. The molecule has 1 N–H and O–H groups in total. The summed E-state index contributed by atoms with van der Waals surface area (Å²) in [6, 6.07) is 23.8. The van der Waals surface area contributed by atoms with Crippen molar-refractivity contribution in [2.45, 2.75) is 26.0 Å². The molecule has 1 amide bonds. The second kappa shape index (κ2) is 11.0. The number of ether oxygens (including phenoxy) is 2. The van der Waals surface area contributed by atoms with Gasteiger partial charge in [0.15, 0.2) is 0 Å². The molecule has 6 nitrogen and oxygen atoms in total. The molecule has 0 radical (unpaired) electrons. The summed E-state index contributed by atoms with van der Waals surface area (Å²) < 4.78 is 11.0. The summed E-state index contributed by atoms with van der Waals surface area (Å²) >= 11 is 0. The summed E-state index contributed by atoms with van der Waals surface area (Å²) in [5, 5.41) is 11.3. The van der Waals surface area contributed by atoms with Gasteiger partial charge in [0, 0.05) is 25.8 Å². The Morgan fingerprint density at radius 1 is 0.971 bits per heavy atom. The number of carbonyl (C=O) groups excluding carboxylic acids is 2. The predicted octanol–water partition coefficient (Wildman–Crippen LogP) is 5.03. The molecule has 3 aromatic carbocycles. The summed E-state index contributed by atoms with van der Waals surface area (Å²) in [6.45, 7) is 3.08. The number of ketones is 1. The summed E-state index contributed by atoms with van der Waals surface area (Å²) in [5.74, 6) is -0.823. The molecule has 0 bridgehead atoms. The van der Waals surface area contributed by atoms with Crippen molar-refractivity contribution >= 4 is 17.4 Å². The van der Waals surface area contributed by atoms with Gasteiger partial charge in [-0.1, -0.05) is 60.7 Å². The number of aliphatic hydroxyl groups excluding tert-OH is 1. The summed E-state index contributed by atoms with van der Waals surface area (Å²) in [7, 11) is 1.60. The van der Waals surface area contributed by atoms with Gasteiger partial charge < -0.3 is 19.5 Å². The molecule has 1 atom stereocenters. The Morgan fingerprint density at radius 3 is 2.31 bits per heavy atom. The summed E-state index contributed by atoms with van der Waals surface area (Å²) in [6.07, 6.45) is 0.583. The molecule has 0 saturated carbocycles. The number of methoxy groups -OCH3 is 1. The van der Waals surface area contributed by atoms with Crippen LogP contribution in [0.4, 0.5) is 0 Å². The third-order valence-electron chi connectivity index (χ3n) is 6.10. The maximum atomic E-state index is 13.1. The predicted molar refractivity (Wildman–Crippen MR) is 134 cm³/mol. The smallest absolute Gasteiger partial charge is 0.295 e. The van der Waals surface area contributed by atoms with Gasteiger partial charge in [0.1, 0.15) is 18.1 Å². The van der Waals surface area contributed by atoms with E-state index in [1.807, 2.05) is 73.7 Å². The van der Waals surface area contributed by atoms with Crippen LogP contribution >= 0.6 is 0 Å². The highest BCUT2D eigenvalue weighted by molar-refractivity contribution is 6.46. The Hall–Kier alpha value is -3.90. The Bertz CT molecular complexity index is 1220. The maximum absolute atomic E-state index is 13.1. The van der Waals surface area contributed by atoms with E-state index in [4.69, 9.17) is 9.47 Å². The molecule has 4 rings (SSSR count). The molecule has 6 heteroatoms. The topological polar surface area (TPSA) is 76.1 Å². The summed E-state index contributed by atoms with van der Waals surface area (Å²) in [4.78, 5) is 27.6. The third kappa shape index (κ3) is 5.28. The van der Waals surface area contributed by atoms with Crippen molar-refractivity contribution in [1.82, 2.24) is 4.90 Å². The second-order valence-corrected chi connectivity index (χ2v) is 8.50. The van der Waals surface area contributed by atoms with Crippen LogP contribution in [0.1, 0.15) is 34.7 Å². The lowest BCUT2D eigenvalue weighted by Gasteiger charge is -2.25. The van der Waals surface area contributed by atoms with Crippen LogP contribution in [0.3, 0.4) is 0 Å². The molecule has 1 fully saturated rings. The Balaban J connectivity index is 1.67. The van der Waals surface area contributed by atoms with Crippen molar-refractivity contribution in [2.75, 3.05) is 20.3 Å². The van der Waals surface area contributed by atoms with Crippen molar-refractivity contribution in [3.05, 3.63) is 107 Å². The van der Waals surface area contributed by atoms with Crippen molar-refractivity contribution in [3.8, 4) is 5.75 Å². The normalized spacial score (nSPS) is 17.1. The second-order valence-electron chi connectivity index (χ2n) is 8.50. The molecule has 35 heavy (non-hydrogen) atoms. The van der Waals surface area contributed by atoms with E-state index in [9.17, 15) is 14.7 Å². The lowest BCUT2D eigenvalue weighted by atomic mass is 9.94. The molecule has 0 aliphatic carbocycles. The van der Waals surface area contributed by atoms with Gasteiger partial charge in [-0.25, -0.2) is 0 Å². The van der Waals surface area contributed by atoms with Crippen molar-refractivity contribution in [1.29, 1.82) is 0 Å². The van der Waals surface area contributed by atoms with Crippen LogP contribution in [0.25, 0.3) is 5.76 Å². The number of aryl methyl sites for hydroxylation is 1. The van der Waals surface area contributed by atoms with Crippen LogP contribution in [-0.4, -0.2) is 42.0 Å². The maximum Gasteiger partial charge on any atom is 0.295 e. The lowest BCUT2D eigenvalue weighted by molar-refractivity contribution is -0.140. The van der Waals surface area contributed by atoms with Crippen LogP contribution in [0, 0.1) is 6.92 Å². The quantitative estimate of drug-likeness (QED) is 0.205. The molecule has 0 spiro atoms. The highest BCUT2D eigenvalue weighted by Crippen LogP contribution is 2.40. The first-order chi connectivity index (χ1) is 17.0. The zero-order valence-corrected chi connectivity index (χ0v) is 19.9. The van der Waals surface area contributed by atoms with E-state index >= 15 is 0 Å². The van der Waals surface area contributed by atoms with Crippen LogP contribution < -0.4 is 4.74 Å². The van der Waals surface area contributed by atoms with Gasteiger partial charge in [-0.15, -0.1) is 0 Å². The lowest BCUT2D eigenvalue weighted by Crippen LogP contribution is -2.31. The van der Waals surface area contributed by atoms with Gasteiger partial charge in [0.05, 0.1) is 11.6 Å². The van der Waals surface area contributed by atoms with Crippen LogP contribution in [0.15, 0.2) is 84.4 Å². The minimum absolute atomic E-state index is 0.0969. The molecule has 180 valence electrons. The number of aliphatic hydroxyl groups is 1. The number of benzene rings is 3. The van der Waals surface area contributed by atoms with Gasteiger partial charge in [-0.2, -0.15) is 0 Å². The minimum atomic E-state index is -0.683. The van der Waals surface area contributed by atoms with Crippen LogP contribution in [0.2, 0.25) is 0 Å². The highest BCUT2D eigenvalue weighted by atomic mass is 16.5. The largest absolute Gasteiger partial charge is 0.507 e. The van der Waals surface area contributed by atoms with Gasteiger partial charge in [-0.3, -0.25) is 9.59 Å². The van der Waals surface area contributed by atoms with E-state index in [0.717, 1.165) is 16.7 Å². The minimum Gasteiger partial charge on any atom is -0.507 e. The standard InChI is InChI=1S/C29H29NO5/c1-20-18-23(35-19-21-10-5-3-6-11-21)14-15-24(20)27(31)25-26(22-12-7-4-8-13-22)30(16-9-17-34-2)29(33)28(25)32/h3-8,10-15,18,26,31H,9,16-17,19H2,1-2H3/t26-/m1/s1. The first kappa shape index (κ1) is 24.2. The van der Waals surface area contributed by atoms with Gasteiger partial charge in [0.25, 0.3) is 11.7 Å². The van der Waals surface area contributed by atoms with E-state index in [-0.39, 0.29) is 11.3 Å². The molecular formula is C29H29NO5. The van der Waals surface area contributed by atoms with E-state index in [2.05, 4.69) is 0 Å². The molecule has 1 saturated heterocycles. The number of amides is 1. The molecule has 3 aromatic rings. The van der Waals surface area contributed by atoms with Crippen LogP contribution in [-0.2, 0) is 20.9 Å². The first-order valence-corrected chi connectivity index (χ1v) is 11.6. The summed E-state index contributed by atoms with van der Waals surface area (Å²) in [5.41, 5.74) is 3.15. The Labute approximate surface area is 205 Å². The van der Waals surface area contributed by atoms with E-state index < -0.39 is 17.7 Å². The van der Waals surface area contributed by atoms with Gasteiger partial charge >= 0.3 is 0 Å². The number of rotatable bonds is 9. The third-order valence-corrected chi connectivity index (χ3v) is 6.10. The average Bonchev–Trinajstić information content (AvgIpc) is 3.13.